The molecular formula is C20H17ClN6O. The van der Waals surface area contributed by atoms with Crippen molar-refractivity contribution in [2.24, 2.45) is 0 Å². The normalized spacial score (nSPS) is 14.2. The van der Waals surface area contributed by atoms with Gasteiger partial charge in [-0.15, -0.1) is 5.10 Å². The number of carbonyl (C=O) groups excluding carboxylic acids is 1. The highest BCUT2D eigenvalue weighted by Gasteiger charge is 2.22. The summed E-state index contributed by atoms with van der Waals surface area (Å²) in [7, 11) is 0. The highest BCUT2D eigenvalue weighted by molar-refractivity contribution is 6.32. The van der Waals surface area contributed by atoms with Gasteiger partial charge in [-0.2, -0.15) is 0 Å². The molecule has 0 radical (unpaired) electrons. The first-order valence-corrected chi connectivity index (χ1v) is 9.53. The summed E-state index contributed by atoms with van der Waals surface area (Å²) in [5.41, 5.74) is 3.37. The molecule has 2 aromatic heterocycles. The largest absolute Gasteiger partial charge is 0.342 e. The predicted molar refractivity (Wildman–Crippen MR) is 107 cm³/mol. The van der Waals surface area contributed by atoms with E-state index in [1.807, 2.05) is 36.4 Å². The van der Waals surface area contributed by atoms with Crippen LogP contribution in [0.3, 0.4) is 0 Å². The average molecular weight is 393 g/mol. The Labute approximate surface area is 165 Å². The number of nitrogens with zero attached hydrogens (tertiary/aromatic N) is 4. The van der Waals surface area contributed by atoms with Crippen LogP contribution < -0.4 is 5.32 Å². The van der Waals surface area contributed by atoms with Gasteiger partial charge >= 0.3 is 0 Å². The van der Waals surface area contributed by atoms with Gasteiger partial charge in [-0.1, -0.05) is 35.4 Å². The molecule has 28 heavy (non-hydrogen) atoms. The maximum Gasteiger partial charge on any atom is 0.277 e. The fraction of sp³-hybridized carbons (Fsp3) is 0.200. The standard InChI is InChI=1S/C20H17ClN6O/c21-14-6-1-2-7-18(14)27-11-17(25-26-27)20(28)22-13-8-9-15-16(10-13)24-19(23-15)12-4-3-5-12/h1-2,6-12H,3-5H2,(H,22,28)(H,23,24). The van der Waals surface area contributed by atoms with E-state index < -0.39 is 0 Å². The molecule has 0 unspecified atom stereocenters. The number of hydrogen-bond donors (Lipinski definition) is 2. The van der Waals surface area contributed by atoms with Crippen LogP contribution in [-0.4, -0.2) is 30.9 Å². The zero-order valence-corrected chi connectivity index (χ0v) is 15.6. The third kappa shape index (κ3) is 3.03. The quantitative estimate of drug-likeness (QED) is 0.541. The SMILES string of the molecule is O=C(Nc1ccc2nc(C3CCC3)[nH]c2c1)c1cn(-c2ccccc2Cl)nn1. The number of halogens is 1. The Hall–Kier alpha value is -3.19. The molecule has 5 rings (SSSR count). The molecule has 1 saturated carbocycles. The van der Waals surface area contributed by atoms with Gasteiger partial charge in [0.15, 0.2) is 5.69 Å². The van der Waals surface area contributed by atoms with Crippen molar-refractivity contribution in [2.75, 3.05) is 5.32 Å². The number of rotatable bonds is 4. The summed E-state index contributed by atoms with van der Waals surface area (Å²) in [5, 5.41) is 11.4. The number of aromatic nitrogens is 5. The number of imidazole rings is 1. The van der Waals surface area contributed by atoms with E-state index in [1.165, 1.54) is 23.9 Å². The van der Waals surface area contributed by atoms with Crippen LogP contribution in [0.1, 0.15) is 41.5 Å². The van der Waals surface area contributed by atoms with Crippen molar-refractivity contribution >= 4 is 34.2 Å². The lowest BCUT2D eigenvalue weighted by Gasteiger charge is -2.22. The van der Waals surface area contributed by atoms with Gasteiger partial charge in [0.2, 0.25) is 0 Å². The Morgan fingerprint density at radius 3 is 2.86 bits per heavy atom. The number of hydrogen-bond acceptors (Lipinski definition) is 4. The van der Waals surface area contributed by atoms with Gasteiger partial charge in [0.1, 0.15) is 5.82 Å². The number of aromatic amines is 1. The molecule has 2 heterocycles. The van der Waals surface area contributed by atoms with Crippen molar-refractivity contribution in [1.82, 2.24) is 25.0 Å². The van der Waals surface area contributed by atoms with Crippen molar-refractivity contribution in [3.8, 4) is 5.69 Å². The van der Waals surface area contributed by atoms with Gasteiger partial charge in [0.05, 0.1) is 27.9 Å². The van der Waals surface area contributed by atoms with Crippen molar-refractivity contribution < 1.29 is 4.79 Å². The molecule has 1 fully saturated rings. The minimum Gasteiger partial charge on any atom is -0.342 e. The van der Waals surface area contributed by atoms with Crippen LogP contribution in [0.2, 0.25) is 5.02 Å². The molecule has 1 aliphatic rings. The molecule has 1 aliphatic carbocycles. The molecule has 0 spiro atoms. The highest BCUT2D eigenvalue weighted by Crippen LogP contribution is 2.35. The van der Waals surface area contributed by atoms with E-state index >= 15 is 0 Å². The van der Waals surface area contributed by atoms with Crippen LogP contribution in [-0.2, 0) is 0 Å². The maximum absolute atomic E-state index is 12.6. The fourth-order valence-corrected chi connectivity index (χ4v) is 3.52. The molecular weight excluding hydrogens is 376 g/mol. The van der Waals surface area contributed by atoms with E-state index in [2.05, 4.69) is 25.6 Å². The summed E-state index contributed by atoms with van der Waals surface area (Å²) in [6, 6.07) is 12.9. The second-order valence-electron chi connectivity index (χ2n) is 6.94. The molecule has 0 aliphatic heterocycles. The minimum absolute atomic E-state index is 0.208. The van der Waals surface area contributed by atoms with Crippen LogP contribution in [0.15, 0.2) is 48.7 Å². The Morgan fingerprint density at radius 2 is 2.07 bits per heavy atom. The first kappa shape index (κ1) is 16.9. The third-order valence-corrected chi connectivity index (χ3v) is 5.39. The number of carbonyl (C=O) groups is 1. The Bertz CT molecular complexity index is 1180. The number of benzene rings is 2. The van der Waals surface area contributed by atoms with E-state index in [0.29, 0.717) is 22.3 Å². The Kier molecular flexibility index (Phi) is 4.09. The number of H-pyrrole nitrogens is 1. The summed E-state index contributed by atoms with van der Waals surface area (Å²) < 4.78 is 1.49. The lowest BCUT2D eigenvalue weighted by molar-refractivity contribution is 0.102. The van der Waals surface area contributed by atoms with Crippen LogP contribution >= 0.6 is 11.6 Å². The zero-order chi connectivity index (χ0) is 19.1. The van der Waals surface area contributed by atoms with Crippen LogP contribution in [0.5, 0.6) is 0 Å². The molecule has 140 valence electrons. The lowest BCUT2D eigenvalue weighted by atomic mass is 9.85. The van der Waals surface area contributed by atoms with Gasteiger partial charge in [0, 0.05) is 11.6 Å². The molecule has 7 nitrogen and oxygen atoms in total. The molecule has 8 heteroatoms. The van der Waals surface area contributed by atoms with Crippen molar-refractivity contribution in [3.63, 3.8) is 0 Å². The summed E-state index contributed by atoms with van der Waals surface area (Å²) in [5.74, 6) is 1.23. The lowest BCUT2D eigenvalue weighted by Crippen LogP contribution is -2.12. The molecule has 0 saturated heterocycles. The molecule has 2 N–H and O–H groups in total. The monoisotopic (exact) mass is 392 g/mol. The first-order valence-electron chi connectivity index (χ1n) is 9.15. The Morgan fingerprint density at radius 1 is 1.21 bits per heavy atom. The summed E-state index contributed by atoms with van der Waals surface area (Å²) in [6.07, 6.45) is 5.19. The van der Waals surface area contributed by atoms with Gasteiger partial charge < -0.3 is 10.3 Å². The predicted octanol–water partition coefficient (Wildman–Crippen LogP) is 4.32. The van der Waals surface area contributed by atoms with Crippen molar-refractivity contribution in [2.45, 2.75) is 25.2 Å². The van der Waals surface area contributed by atoms with E-state index in [-0.39, 0.29) is 11.6 Å². The molecule has 0 bridgehead atoms. The van der Waals surface area contributed by atoms with E-state index in [1.54, 1.807) is 12.3 Å². The number of para-hydroxylation sites is 1. The smallest absolute Gasteiger partial charge is 0.277 e. The van der Waals surface area contributed by atoms with Gasteiger partial charge in [-0.25, -0.2) is 9.67 Å². The number of nitrogens with one attached hydrogen (secondary N) is 2. The fourth-order valence-electron chi connectivity index (χ4n) is 3.30. The van der Waals surface area contributed by atoms with E-state index in [9.17, 15) is 4.79 Å². The molecule has 0 atom stereocenters. The topological polar surface area (TPSA) is 88.5 Å². The maximum atomic E-state index is 12.6. The first-order chi connectivity index (χ1) is 13.7. The van der Waals surface area contributed by atoms with Crippen LogP contribution in [0.25, 0.3) is 16.7 Å². The van der Waals surface area contributed by atoms with Crippen LogP contribution in [0.4, 0.5) is 5.69 Å². The van der Waals surface area contributed by atoms with E-state index in [0.717, 1.165) is 16.9 Å². The molecule has 1 amide bonds. The van der Waals surface area contributed by atoms with Crippen LogP contribution in [0, 0.1) is 0 Å². The van der Waals surface area contributed by atoms with Gasteiger partial charge in [0.25, 0.3) is 5.91 Å². The Balaban J connectivity index is 1.36. The van der Waals surface area contributed by atoms with Crippen molar-refractivity contribution in [3.05, 3.63) is 65.2 Å². The van der Waals surface area contributed by atoms with Gasteiger partial charge in [-0.3, -0.25) is 4.79 Å². The second kappa shape index (κ2) is 6.76. The third-order valence-electron chi connectivity index (χ3n) is 5.08. The number of fused-ring (bicyclic) bond motifs is 1. The summed E-state index contributed by atoms with van der Waals surface area (Å²) >= 11 is 6.17. The summed E-state index contributed by atoms with van der Waals surface area (Å²) in [6.45, 7) is 0. The highest BCUT2D eigenvalue weighted by atomic mass is 35.5. The average Bonchev–Trinajstić information content (AvgIpc) is 3.27. The van der Waals surface area contributed by atoms with E-state index in [4.69, 9.17) is 11.6 Å². The summed E-state index contributed by atoms with van der Waals surface area (Å²) in [4.78, 5) is 20.6. The number of amides is 1. The minimum atomic E-state index is -0.337. The molecule has 4 aromatic rings. The van der Waals surface area contributed by atoms with Gasteiger partial charge in [-0.05, 0) is 43.2 Å². The molecule has 2 aromatic carbocycles. The second-order valence-corrected chi connectivity index (χ2v) is 7.34. The van der Waals surface area contributed by atoms with Crippen molar-refractivity contribution in [1.29, 1.82) is 0 Å². The number of anilines is 1. The zero-order valence-electron chi connectivity index (χ0n) is 14.9.